The van der Waals surface area contributed by atoms with Gasteiger partial charge >= 0.3 is 5.97 Å². The summed E-state index contributed by atoms with van der Waals surface area (Å²) in [5, 5.41) is 0. The van der Waals surface area contributed by atoms with E-state index in [2.05, 4.69) is 25.7 Å². The van der Waals surface area contributed by atoms with Gasteiger partial charge in [0, 0.05) is 62.5 Å². The minimum atomic E-state index is -0.816. The Morgan fingerprint density at radius 3 is 2.52 bits per heavy atom. The molecule has 7 rings (SSSR count). The zero-order chi connectivity index (χ0) is 29.5. The van der Waals surface area contributed by atoms with E-state index in [1.165, 1.54) is 12.2 Å². The Hall–Kier alpha value is -2.76. The predicted molar refractivity (Wildman–Crippen MR) is 152 cm³/mol. The molecule has 5 aliphatic heterocycles. The number of esters is 1. The number of fused-ring (bicyclic) bond motifs is 1. The summed E-state index contributed by atoms with van der Waals surface area (Å²) in [5.74, 6) is 0.213. The van der Waals surface area contributed by atoms with Gasteiger partial charge in [-0.05, 0) is 56.0 Å². The molecule has 0 radical (unpaired) electrons. The number of carbonyl (C=O) groups is 2. The molecule has 1 amide bonds. The van der Waals surface area contributed by atoms with Gasteiger partial charge in [-0.25, -0.2) is 14.6 Å². The Kier molecular flexibility index (Phi) is 8.19. The topological polar surface area (TPSA) is 96.0 Å². The molecule has 42 heavy (non-hydrogen) atoms. The van der Waals surface area contributed by atoms with Gasteiger partial charge in [0.15, 0.2) is 11.9 Å². The van der Waals surface area contributed by atoms with E-state index in [-0.39, 0.29) is 17.7 Å². The molecular formula is C32H42N2O8. The fourth-order valence-corrected chi connectivity index (χ4v) is 7.36. The van der Waals surface area contributed by atoms with Crippen molar-refractivity contribution in [1.29, 1.82) is 0 Å². The molecule has 8 atom stereocenters. The van der Waals surface area contributed by atoms with Crippen LogP contribution in [0.2, 0.25) is 0 Å². The largest absolute Gasteiger partial charge is 0.465 e. The number of hydrogen-bond acceptors (Lipinski definition) is 9. The Bertz CT molecular complexity index is 1210. The van der Waals surface area contributed by atoms with Crippen LogP contribution in [0, 0.1) is 23.7 Å². The lowest BCUT2D eigenvalue weighted by molar-refractivity contribution is -0.614. The molecule has 1 saturated carbocycles. The van der Waals surface area contributed by atoms with E-state index in [0.717, 1.165) is 50.7 Å². The third-order valence-corrected chi connectivity index (χ3v) is 9.85. The molecule has 228 valence electrons. The molecule has 6 fully saturated rings. The van der Waals surface area contributed by atoms with Crippen LogP contribution in [-0.4, -0.2) is 78.4 Å². The van der Waals surface area contributed by atoms with Crippen LogP contribution < -0.4 is 4.74 Å². The van der Waals surface area contributed by atoms with Gasteiger partial charge in [0.05, 0.1) is 0 Å². The molecule has 5 saturated heterocycles. The van der Waals surface area contributed by atoms with Crippen molar-refractivity contribution in [3.05, 3.63) is 48.2 Å². The van der Waals surface area contributed by atoms with Crippen LogP contribution in [-0.2, 0) is 33.6 Å². The van der Waals surface area contributed by atoms with Crippen LogP contribution in [0.15, 0.2) is 42.7 Å². The fourth-order valence-electron chi connectivity index (χ4n) is 7.36. The molecular weight excluding hydrogens is 540 g/mol. The predicted octanol–water partition coefficient (Wildman–Crippen LogP) is 4.12. The third kappa shape index (κ3) is 5.51. The van der Waals surface area contributed by atoms with Crippen molar-refractivity contribution in [2.45, 2.75) is 70.9 Å². The number of nitrogens with zero attached hydrogens (tertiary/aromatic N) is 2. The number of ether oxygens (including phenoxy) is 4. The lowest BCUT2D eigenvalue weighted by Gasteiger charge is -2.66. The van der Waals surface area contributed by atoms with Gasteiger partial charge in [-0.15, -0.1) is 0 Å². The van der Waals surface area contributed by atoms with E-state index in [1.54, 1.807) is 11.0 Å². The molecule has 2 bridgehead atoms. The number of piperazine rings is 1. The summed E-state index contributed by atoms with van der Waals surface area (Å²) in [6.07, 6.45) is 7.33. The molecule has 1 aromatic carbocycles. The first kappa shape index (κ1) is 29.3. The van der Waals surface area contributed by atoms with Crippen LogP contribution in [0.4, 0.5) is 0 Å². The quantitative estimate of drug-likeness (QED) is 0.204. The van der Waals surface area contributed by atoms with Gasteiger partial charge in [0.1, 0.15) is 12.0 Å². The molecule has 6 aliphatic rings. The van der Waals surface area contributed by atoms with Crippen LogP contribution in [0.3, 0.4) is 0 Å². The van der Waals surface area contributed by atoms with Crippen LogP contribution >= 0.6 is 0 Å². The van der Waals surface area contributed by atoms with Crippen LogP contribution in [0.1, 0.15) is 52.5 Å². The first-order chi connectivity index (χ1) is 20.2. The molecule has 1 aromatic rings. The summed E-state index contributed by atoms with van der Waals surface area (Å²) in [7, 11) is 0. The second-order valence-electron chi connectivity index (χ2n) is 12.5. The summed E-state index contributed by atoms with van der Waals surface area (Å²) in [5.41, 5.74) is 0.199. The maximum atomic E-state index is 12.3. The molecule has 2 unspecified atom stereocenters. The van der Waals surface area contributed by atoms with E-state index in [9.17, 15) is 9.59 Å². The third-order valence-electron chi connectivity index (χ3n) is 9.85. The first-order valence-corrected chi connectivity index (χ1v) is 15.2. The second kappa shape index (κ2) is 11.7. The number of carbonyl (C=O) groups excluding carboxylic acids is 2. The monoisotopic (exact) mass is 582 g/mol. The van der Waals surface area contributed by atoms with Crippen molar-refractivity contribution < 1.29 is 38.3 Å². The van der Waals surface area contributed by atoms with Crippen molar-refractivity contribution in [2.24, 2.45) is 23.7 Å². The van der Waals surface area contributed by atoms with Crippen molar-refractivity contribution >= 4 is 18.0 Å². The summed E-state index contributed by atoms with van der Waals surface area (Å²) < 4.78 is 24.1. The smallest absolute Gasteiger partial charge is 0.335 e. The molecule has 10 heteroatoms. The summed E-state index contributed by atoms with van der Waals surface area (Å²) in [4.78, 5) is 40.4. The van der Waals surface area contributed by atoms with Crippen LogP contribution in [0.25, 0.3) is 6.08 Å². The van der Waals surface area contributed by atoms with E-state index in [4.69, 9.17) is 28.7 Å². The summed E-state index contributed by atoms with van der Waals surface area (Å²) in [6, 6.07) is 7.42. The Morgan fingerprint density at radius 1 is 1.02 bits per heavy atom. The second-order valence-corrected chi connectivity index (χ2v) is 12.5. The van der Waals surface area contributed by atoms with Gasteiger partial charge in [-0.1, -0.05) is 32.9 Å². The zero-order valence-electron chi connectivity index (χ0n) is 24.9. The normalized spacial score (nSPS) is 38.0. The lowest BCUT2D eigenvalue weighted by Crippen LogP contribution is -2.76. The van der Waals surface area contributed by atoms with E-state index >= 15 is 0 Å². The number of benzene rings is 1. The van der Waals surface area contributed by atoms with E-state index in [0.29, 0.717) is 30.7 Å². The van der Waals surface area contributed by atoms with Crippen molar-refractivity contribution in [3.63, 3.8) is 0 Å². The Balaban J connectivity index is 1.02. The highest BCUT2D eigenvalue weighted by molar-refractivity contribution is 5.90. The maximum Gasteiger partial charge on any atom is 0.335 e. The maximum absolute atomic E-state index is 12.3. The summed E-state index contributed by atoms with van der Waals surface area (Å²) >= 11 is 0. The van der Waals surface area contributed by atoms with E-state index < -0.39 is 29.9 Å². The van der Waals surface area contributed by atoms with Gasteiger partial charge in [0.2, 0.25) is 18.0 Å². The van der Waals surface area contributed by atoms with Gasteiger partial charge in [-0.3, -0.25) is 4.79 Å². The standard InChI is InChI=1S/C32H42N2O8/c1-5-33-15-17-34(18-16-33)27(35)14-19-37-28(36)13-9-23-7-10-24(11-8-23)38-29-22(3)25-12-6-21(2)26-20-31(4)40-30(39-29)32(25,26)42-41-31/h7-11,13-14,19,21-22,25-26,29-30H,5-6,12,15-18,20H2,1-4H3/b13-9+,19-14+/t21-,22-,25?,26?,29+,30-,31+,32+/m1/s1. The number of likely N-dealkylation sites (N-methyl/N-ethyl adjacent to an activating group) is 1. The molecule has 5 heterocycles. The lowest BCUT2D eigenvalue weighted by atomic mass is 9.56. The molecule has 10 nitrogen and oxygen atoms in total. The Morgan fingerprint density at radius 2 is 1.79 bits per heavy atom. The van der Waals surface area contributed by atoms with Crippen molar-refractivity contribution in [2.75, 3.05) is 32.7 Å². The minimum Gasteiger partial charge on any atom is -0.465 e. The summed E-state index contributed by atoms with van der Waals surface area (Å²) in [6.45, 7) is 12.5. The van der Waals surface area contributed by atoms with E-state index in [1.807, 2.05) is 31.2 Å². The van der Waals surface area contributed by atoms with Crippen molar-refractivity contribution in [1.82, 2.24) is 9.80 Å². The van der Waals surface area contributed by atoms with Crippen molar-refractivity contribution in [3.8, 4) is 5.75 Å². The SMILES string of the molecule is CCN1CCN(C(=O)/C=C/OC(=O)/C=C/c2ccc(O[C@H]3O[C@@H]4O[C@]5(C)CC6[C@H](C)CCC([C@H]3C)[C@]64OO5)cc2)CC1. The zero-order valence-corrected chi connectivity index (χ0v) is 24.9. The van der Waals surface area contributed by atoms with Gasteiger partial charge < -0.3 is 28.7 Å². The number of amides is 1. The van der Waals surface area contributed by atoms with Gasteiger partial charge in [0.25, 0.3) is 0 Å². The minimum absolute atomic E-state index is 0.0705. The highest BCUT2D eigenvalue weighted by Gasteiger charge is 2.72. The fraction of sp³-hybridized carbons (Fsp3) is 0.625. The molecule has 0 aromatic heterocycles. The number of rotatable bonds is 7. The molecule has 0 N–H and O–H groups in total. The number of hydrogen-bond donors (Lipinski definition) is 0. The first-order valence-electron chi connectivity index (χ1n) is 15.2. The highest BCUT2D eigenvalue weighted by atomic mass is 17.3. The molecule has 1 spiro atoms. The van der Waals surface area contributed by atoms with Crippen LogP contribution in [0.5, 0.6) is 5.75 Å². The van der Waals surface area contributed by atoms with Gasteiger partial charge in [-0.2, -0.15) is 0 Å². The average molecular weight is 583 g/mol. The average Bonchev–Trinajstić information content (AvgIpc) is 2.99. The Labute approximate surface area is 247 Å². The molecule has 1 aliphatic carbocycles. The highest BCUT2D eigenvalue weighted by Crippen LogP contribution is 2.62.